The number of benzene rings is 1. The van der Waals surface area contributed by atoms with Gasteiger partial charge in [0.1, 0.15) is 0 Å². The molecule has 1 rings (SSSR count). The molecule has 0 aromatic heterocycles. The van der Waals surface area contributed by atoms with Crippen LogP contribution >= 0.6 is 23.4 Å². The van der Waals surface area contributed by atoms with Crippen LogP contribution in [0.5, 0.6) is 0 Å². The van der Waals surface area contributed by atoms with E-state index in [1.807, 2.05) is 6.92 Å². The maximum Gasteiger partial charge on any atom is 0.216 e. The summed E-state index contributed by atoms with van der Waals surface area (Å²) in [5, 5.41) is 19.7. The number of carbonyl (C=O) groups is 1. The Morgan fingerprint density at radius 3 is 2.80 bits per heavy atom. The normalized spacial score (nSPS) is 11.9. The van der Waals surface area contributed by atoms with Gasteiger partial charge in [-0.15, -0.1) is 11.6 Å². The number of halogens is 1. The van der Waals surface area contributed by atoms with Crippen molar-refractivity contribution in [1.29, 1.82) is 0 Å². The molecular weight excluding hydrogens is 298 g/mol. The van der Waals surface area contributed by atoms with E-state index in [0.717, 1.165) is 0 Å². The summed E-state index contributed by atoms with van der Waals surface area (Å²) in [7, 11) is 0. The molecule has 6 heteroatoms. The van der Waals surface area contributed by atoms with Gasteiger partial charge in [-0.3, -0.25) is 10.0 Å². The number of carbonyl (C=O) groups excluding carboxylic acids is 1. The SMILES string of the molecule is CCSC(=O)C(=CC=Cc1ccccc1N([O-])O)CCl. The Labute approximate surface area is 127 Å². The Morgan fingerprint density at radius 2 is 2.20 bits per heavy atom. The fourth-order valence-corrected chi connectivity index (χ4v) is 2.34. The van der Waals surface area contributed by atoms with Crippen LogP contribution in [0.25, 0.3) is 6.08 Å². The molecular formula is C14H15ClNO3S-. The Morgan fingerprint density at radius 1 is 1.50 bits per heavy atom. The first-order chi connectivity index (χ1) is 9.60. The summed E-state index contributed by atoms with van der Waals surface area (Å²) in [5.41, 5.74) is 1.18. The smallest absolute Gasteiger partial charge is 0.216 e. The highest BCUT2D eigenvalue weighted by Crippen LogP contribution is 2.20. The summed E-state index contributed by atoms with van der Waals surface area (Å²) in [5.74, 6) is 0.820. The monoisotopic (exact) mass is 312 g/mol. The van der Waals surface area contributed by atoms with Crippen LogP contribution in [0.1, 0.15) is 12.5 Å². The third-order valence-corrected chi connectivity index (χ3v) is 3.50. The molecule has 108 valence electrons. The van der Waals surface area contributed by atoms with E-state index in [1.54, 1.807) is 36.4 Å². The molecule has 0 aliphatic rings. The molecule has 0 unspecified atom stereocenters. The lowest BCUT2D eigenvalue weighted by Crippen LogP contribution is -2.08. The van der Waals surface area contributed by atoms with Gasteiger partial charge in [-0.25, -0.2) is 0 Å². The van der Waals surface area contributed by atoms with E-state index in [0.29, 0.717) is 16.9 Å². The van der Waals surface area contributed by atoms with Crippen LogP contribution in [0.4, 0.5) is 5.69 Å². The number of hydrogen-bond acceptors (Lipinski definition) is 5. The number of thioether (sulfide) groups is 1. The van der Waals surface area contributed by atoms with Crippen LogP contribution in [0.3, 0.4) is 0 Å². The van der Waals surface area contributed by atoms with E-state index in [-0.39, 0.29) is 21.9 Å². The third kappa shape index (κ3) is 5.02. The average Bonchev–Trinajstić information content (AvgIpc) is 2.44. The lowest BCUT2D eigenvalue weighted by Gasteiger charge is -2.23. The largest absolute Gasteiger partial charge is 0.733 e. The molecule has 0 spiro atoms. The zero-order valence-corrected chi connectivity index (χ0v) is 12.5. The molecule has 1 aromatic carbocycles. The van der Waals surface area contributed by atoms with Crippen LogP contribution in [-0.2, 0) is 4.79 Å². The van der Waals surface area contributed by atoms with Gasteiger partial charge in [-0.1, -0.05) is 55.1 Å². The Hall–Kier alpha value is -1.27. The van der Waals surface area contributed by atoms with Crippen LogP contribution in [0.2, 0.25) is 0 Å². The molecule has 1 N–H and O–H groups in total. The predicted molar refractivity (Wildman–Crippen MR) is 85.1 cm³/mol. The fraction of sp³-hybridized carbons (Fsp3) is 0.214. The minimum Gasteiger partial charge on any atom is -0.733 e. The van der Waals surface area contributed by atoms with Crippen LogP contribution in [0.15, 0.2) is 42.0 Å². The van der Waals surface area contributed by atoms with Crippen molar-refractivity contribution in [2.45, 2.75) is 6.92 Å². The second-order valence-electron chi connectivity index (χ2n) is 3.74. The molecule has 0 heterocycles. The summed E-state index contributed by atoms with van der Waals surface area (Å²) in [4.78, 5) is 11.7. The van der Waals surface area contributed by atoms with E-state index in [4.69, 9.17) is 16.8 Å². The fourth-order valence-electron chi connectivity index (χ4n) is 1.46. The van der Waals surface area contributed by atoms with Crippen molar-refractivity contribution in [1.82, 2.24) is 0 Å². The molecule has 0 aliphatic carbocycles. The maximum absolute atomic E-state index is 11.7. The van der Waals surface area contributed by atoms with Gasteiger partial charge in [-0.2, -0.15) is 0 Å². The van der Waals surface area contributed by atoms with Gasteiger partial charge in [0.2, 0.25) is 5.12 Å². The van der Waals surface area contributed by atoms with Crippen molar-refractivity contribution >= 4 is 40.2 Å². The van der Waals surface area contributed by atoms with Gasteiger partial charge in [0.15, 0.2) is 0 Å². The van der Waals surface area contributed by atoms with E-state index in [2.05, 4.69) is 0 Å². The number of alkyl halides is 1. The number of hydrogen-bond donors (Lipinski definition) is 1. The van der Waals surface area contributed by atoms with Crippen molar-refractivity contribution in [3.63, 3.8) is 0 Å². The van der Waals surface area contributed by atoms with Crippen molar-refractivity contribution in [2.24, 2.45) is 0 Å². The second kappa shape index (κ2) is 8.81. The van der Waals surface area contributed by atoms with Gasteiger partial charge >= 0.3 is 0 Å². The summed E-state index contributed by atoms with van der Waals surface area (Å²) >= 11 is 6.92. The summed E-state index contributed by atoms with van der Waals surface area (Å²) in [6.45, 7) is 1.89. The predicted octanol–water partition coefficient (Wildman–Crippen LogP) is 3.84. The summed E-state index contributed by atoms with van der Waals surface area (Å²) < 4.78 is 0. The summed E-state index contributed by atoms with van der Waals surface area (Å²) in [6.07, 6.45) is 4.88. The standard InChI is InChI=1S/C14H15ClNO3S/c1-2-20-14(17)12(10-15)8-5-7-11-6-3-4-9-13(11)16(18)19/h3-9,18H,2,10H2,1H3/q-1. The first kappa shape index (κ1) is 16.8. The van der Waals surface area contributed by atoms with Crippen LogP contribution < -0.4 is 5.23 Å². The quantitative estimate of drug-likeness (QED) is 0.374. The number of anilines is 1. The zero-order valence-electron chi connectivity index (χ0n) is 11.0. The lowest BCUT2D eigenvalue weighted by molar-refractivity contribution is -0.107. The molecule has 0 fully saturated rings. The van der Waals surface area contributed by atoms with Gasteiger partial charge < -0.3 is 10.4 Å². The van der Waals surface area contributed by atoms with E-state index in [1.165, 1.54) is 17.8 Å². The first-order valence-corrected chi connectivity index (χ1v) is 7.47. The van der Waals surface area contributed by atoms with Gasteiger partial charge in [-0.05, 0) is 17.4 Å². The number of nitrogens with zero attached hydrogens (tertiary/aromatic N) is 1. The highest BCUT2D eigenvalue weighted by atomic mass is 35.5. The molecule has 1 aromatic rings. The molecule has 0 radical (unpaired) electrons. The topological polar surface area (TPSA) is 63.6 Å². The maximum atomic E-state index is 11.7. The first-order valence-electron chi connectivity index (χ1n) is 5.95. The molecule has 20 heavy (non-hydrogen) atoms. The van der Waals surface area contributed by atoms with E-state index < -0.39 is 0 Å². The van der Waals surface area contributed by atoms with Crippen molar-refractivity contribution in [2.75, 3.05) is 16.9 Å². The van der Waals surface area contributed by atoms with Crippen molar-refractivity contribution in [3.05, 3.63) is 52.8 Å². The van der Waals surface area contributed by atoms with Crippen molar-refractivity contribution < 1.29 is 10.0 Å². The second-order valence-corrected chi connectivity index (χ2v) is 5.24. The Bertz CT molecular complexity index is 515. The number of allylic oxidation sites excluding steroid dienone is 2. The van der Waals surface area contributed by atoms with Crippen molar-refractivity contribution in [3.8, 4) is 0 Å². The van der Waals surface area contributed by atoms with Crippen LogP contribution in [-0.4, -0.2) is 22.0 Å². The Kier molecular flexibility index (Phi) is 7.40. The van der Waals surface area contributed by atoms with Crippen LogP contribution in [0, 0.1) is 5.21 Å². The minimum atomic E-state index is -0.191. The highest BCUT2D eigenvalue weighted by Gasteiger charge is 2.06. The minimum absolute atomic E-state index is 0.0620. The average molecular weight is 313 g/mol. The summed E-state index contributed by atoms with van der Waals surface area (Å²) in [6, 6.07) is 6.58. The lowest BCUT2D eigenvalue weighted by atomic mass is 10.1. The molecule has 4 nitrogen and oxygen atoms in total. The van der Waals surface area contributed by atoms with E-state index in [9.17, 15) is 10.0 Å². The van der Waals surface area contributed by atoms with Gasteiger partial charge in [0.05, 0.1) is 11.6 Å². The molecule has 0 amide bonds. The zero-order chi connectivity index (χ0) is 15.0. The Balaban J connectivity index is 2.89. The molecule has 0 bridgehead atoms. The van der Waals surface area contributed by atoms with E-state index >= 15 is 0 Å². The van der Waals surface area contributed by atoms with Gasteiger partial charge in [0.25, 0.3) is 0 Å². The third-order valence-electron chi connectivity index (χ3n) is 2.40. The molecule has 0 aliphatic heterocycles. The molecule has 0 saturated heterocycles. The molecule has 0 saturated carbocycles. The van der Waals surface area contributed by atoms with Gasteiger partial charge in [0, 0.05) is 5.57 Å². The highest BCUT2D eigenvalue weighted by molar-refractivity contribution is 8.14. The number of para-hydroxylation sites is 1. The molecule has 0 atom stereocenters. The number of rotatable bonds is 6.